The van der Waals surface area contributed by atoms with Gasteiger partial charge < -0.3 is 5.32 Å². The molecule has 1 heterocycles. The second-order valence-electron chi connectivity index (χ2n) is 3.96. The zero-order valence-corrected chi connectivity index (χ0v) is 9.14. The lowest BCUT2D eigenvalue weighted by atomic mass is 10.1. The molecule has 2 nitrogen and oxygen atoms in total. The van der Waals surface area contributed by atoms with Gasteiger partial charge in [0.1, 0.15) is 0 Å². The molecule has 0 radical (unpaired) electrons. The van der Waals surface area contributed by atoms with Crippen LogP contribution in [0.3, 0.4) is 0 Å². The predicted octanol–water partition coefficient (Wildman–Crippen LogP) is 3.79. The van der Waals surface area contributed by atoms with Crippen LogP contribution in [0.1, 0.15) is 16.7 Å². The molecule has 2 aromatic rings. The average molecular weight is 218 g/mol. The van der Waals surface area contributed by atoms with E-state index in [1.165, 1.54) is 0 Å². The van der Waals surface area contributed by atoms with Crippen LogP contribution in [-0.4, -0.2) is 0 Å². The molecule has 17 heavy (non-hydrogen) atoms. The Morgan fingerprint density at radius 1 is 0.882 bits per heavy atom. The van der Waals surface area contributed by atoms with Gasteiger partial charge in [-0.1, -0.05) is 30.4 Å². The SMILES string of the molecule is N#Cc1ccc2c(c1)C=Cc1ccccc1N2. The van der Waals surface area contributed by atoms with Gasteiger partial charge in [-0.05, 0) is 35.4 Å². The number of rotatable bonds is 0. The third kappa shape index (κ3) is 1.68. The standard InChI is InChI=1S/C15H10N2/c16-10-11-5-8-15-13(9-11)7-6-12-3-1-2-4-14(12)17-15/h1-9,17H. The predicted molar refractivity (Wildman–Crippen MR) is 69.8 cm³/mol. The first-order chi connectivity index (χ1) is 8.36. The van der Waals surface area contributed by atoms with Crippen molar-refractivity contribution in [2.45, 2.75) is 0 Å². The maximum absolute atomic E-state index is 8.89. The van der Waals surface area contributed by atoms with E-state index < -0.39 is 0 Å². The summed E-state index contributed by atoms with van der Waals surface area (Å²) in [5, 5.41) is 12.3. The monoisotopic (exact) mass is 218 g/mol. The van der Waals surface area contributed by atoms with Crippen molar-refractivity contribution >= 4 is 23.5 Å². The van der Waals surface area contributed by atoms with E-state index in [4.69, 9.17) is 5.26 Å². The van der Waals surface area contributed by atoms with Gasteiger partial charge in [0, 0.05) is 11.4 Å². The molecule has 0 saturated carbocycles. The minimum absolute atomic E-state index is 0.682. The van der Waals surface area contributed by atoms with Gasteiger partial charge in [0.15, 0.2) is 0 Å². The fraction of sp³-hybridized carbons (Fsp3) is 0. The van der Waals surface area contributed by atoms with Crippen LogP contribution in [0.4, 0.5) is 11.4 Å². The number of nitrogens with one attached hydrogen (secondary N) is 1. The molecule has 0 spiro atoms. The quantitative estimate of drug-likeness (QED) is 0.623. The van der Waals surface area contributed by atoms with Gasteiger partial charge in [0.25, 0.3) is 0 Å². The molecular weight excluding hydrogens is 208 g/mol. The van der Waals surface area contributed by atoms with E-state index in [1.807, 2.05) is 42.5 Å². The number of para-hydroxylation sites is 1. The molecule has 0 atom stereocenters. The Morgan fingerprint density at radius 2 is 1.65 bits per heavy atom. The fourth-order valence-corrected chi connectivity index (χ4v) is 1.96. The summed E-state index contributed by atoms with van der Waals surface area (Å²) in [6.07, 6.45) is 4.10. The van der Waals surface area contributed by atoms with E-state index in [0.717, 1.165) is 22.5 Å². The lowest BCUT2D eigenvalue weighted by Crippen LogP contribution is -1.93. The van der Waals surface area contributed by atoms with Crippen molar-refractivity contribution in [3.8, 4) is 6.07 Å². The summed E-state index contributed by atoms with van der Waals surface area (Å²) in [4.78, 5) is 0. The second-order valence-corrected chi connectivity index (χ2v) is 3.96. The molecule has 1 aliphatic rings. The summed E-state index contributed by atoms with van der Waals surface area (Å²) in [5.74, 6) is 0. The fourth-order valence-electron chi connectivity index (χ4n) is 1.96. The molecule has 2 heteroatoms. The van der Waals surface area contributed by atoms with Gasteiger partial charge >= 0.3 is 0 Å². The highest BCUT2D eigenvalue weighted by molar-refractivity contribution is 5.87. The summed E-state index contributed by atoms with van der Waals surface area (Å²) in [5.41, 5.74) is 5.00. The van der Waals surface area contributed by atoms with E-state index in [1.54, 1.807) is 0 Å². The summed E-state index contributed by atoms with van der Waals surface area (Å²) in [7, 11) is 0. The number of fused-ring (bicyclic) bond motifs is 2. The molecule has 0 amide bonds. The first-order valence-electron chi connectivity index (χ1n) is 5.45. The topological polar surface area (TPSA) is 35.8 Å². The molecule has 0 bridgehead atoms. The molecule has 0 saturated heterocycles. The highest BCUT2D eigenvalue weighted by atomic mass is 14.9. The first kappa shape index (κ1) is 9.68. The summed E-state index contributed by atoms with van der Waals surface area (Å²) >= 11 is 0. The van der Waals surface area contributed by atoms with Crippen molar-refractivity contribution < 1.29 is 0 Å². The van der Waals surface area contributed by atoms with Crippen molar-refractivity contribution in [3.63, 3.8) is 0 Å². The van der Waals surface area contributed by atoms with Crippen LogP contribution in [0, 0.1) is 11.3 Å². The van der Waals surface area contributed by atoms with Crippen molar-refractivity contribution in [1.82, 2.24) is 0 Å². The van der Waals surface area contributed by atoms with E-state index in [2.05, 4.69) is 23.5 Å². The Balaban J connectivity index is 2.15. The maximum Gasteiger partial charge on any atom is 0.0991 e. The first-order valence-corrected chi connectivity index (χ1v) is 5.45. The van der Waals surface area contributed by atoms with Gasteiger partial charge in [0.2, 0.25) is 0 Å². The van der Waals surface area contributed by atoms with E-state index in [0.29, 0.717) is 5.56 Å². The van der Waals surface area contributed by atoms with Gasteiger partial charge in [-0.2, -0.15) is 5.26 Å². The molecule has 80 valence electrons. The number of nitrogens with zero attached hydrogens (tertiary/aromatic N) is 1. The van der Waals surface area contributed by atoms with Crippen LogP contribution < -0.4 is 5.32 Å². The van der Waals surface area contributed by atoms with Gasteiger partial charge in [-0.25, -0.2) is 0 Å². The zero-order valence-electron chi connectivity index (χ0n) is 9.14. The molecule has 2 aromatic carbocycles. The van der Waals surface area contributed by atoms with Gasteiger partial charge in [0.05, 0.1) is 11.6 Å². The van der Waals surface area contributed by atoms with Crippen LogP contribution in [0.15, 0.2) is 42.5 Å². The average Bonchev–Trinajstić information content (AvgIpc) is 2.57. The van der Waals surface area contributed by atoms with Gasteiger partial charge in [-0.15, -0.1) is 0 Å². The molecule has 0 unspecified atom stereocenters. The van der Waals surface area contributed by atoms with Crippen molar-refractivity contribution in [3.05, 3.63) is 59.2 Å². The van der Waals surface area contributed by atoms with Gasteiger partial charge in [-0.3, -0.25) is 0 Å². The third-order valence-corrected chi connectivity index (χ3v) is 2.85. The molecule has 1 N–H and O–H groups in total. The minimum Gasteiger partial charge on any atom is -0.355 e. The Kier molecular flexibility index (Phi) is 2.16. The maximum atomic E-state index is 8.89. The van der Waals surface area contributed by atoms with Crippen molar-refractivity contribution in [2.24, 2.45) is 0 Å². The lowest BCUT2D eigenvalue weighted by molar-refractivity contribution is 1.47. The minimum atomic E-state index is 0.682. The van der Waals surface area contributed by atoms with Crippen molar-refractivity contribution in [1.29, 1.82) is 5.26 Å². The highest BCUT2D eigenvalue weighted by Gasteiger charge is 2.07. The number of hydrogen-bond donors (Lipinski definition) is 1. The number of benzene rings is 2. The third-order valence-electron chi connectivity index (χ3n) is 2.85. The Bertz CT molecular complexity index is 648. The van der Waals surface area contributed by atoms with E-state index in [9.17, 15) is 0 Å². The normalized spacial score (nSPS) is 11.7. The molecular formula is C15H10N2. The van der Waals surface area contributed by atoms with E-state index in [-0.39, 0.29) is 0 Å². The second kappa shape index (κ2) is 3.80. The van der Waals surface area contributed by atoms with Crippen LogP contribution in [0.2, 0.25) is 0 Å². The lowest BCUT2D eigenvalue weighted by Gasteiger charge is -2.09. The van der Waals surface area contributed by atoms with Crippen LogP contribution in [-0.2, 0) is 0 Å². The van der Waals surface area contributed by atoms with Crippen molar-refractivity contribution in [2.75, 3.05) is 5.32 Å². The summed E-state index contributed by atoms with van der Waals surface area (Å²) < 4.78 is 0. The Hall–Kier alpha value is -2.53. The number of anilines is 2. The zero-order chi connectivity index (χ0) is 11.7. The van der Waals surface area contributed by atoms with Crippen LogP contribution in [0.5, 0.6) is 0 Å². The Labute approximate surface area is 99.8 Å². The molecule has 1 aliphatic heterocycles. The molecule has 3 rings (SSSR count). The molecule has 0 fully saturated rings. The summed E-state index contributed by atoms with van der Waals surface area (Å²) in [6, 6.07) is 16.0. The number of nitriles is 1. The largest absolute Gasteiger partial charge is 0.355 e. The number of hydrogen-bond acceptors (Lipinski definition) is 2. The van der Waals surface area contributed by atoms with Crippen LogP contribution in [0.25, 0.3) is 12.2 Å². The summed E-state index contributed by atoms with van der Waals surface area (Å²) in [6.45, 7) is 0. The highest BCUT2D eigenvalue weighted by Crippen LogP contribution is 2.30. The van der Waals surface area contributed by atoms with E-state index >= 15 is 0 Å². The smallest absolute Gasteiger partial charge is 0.0991 e. The van der Waals surface area contributed by atoms with Crippen LogP contribution >= 0.6 is 0 Å². The molecule has 0 aliphatic carbocycles. The molecule has 0 aromatic heterocycles. The Morgan fingerprint density at radius 3 is 2.53 bits per heavy atom.